The SMILES string of the molecule is COC(=O)c1cc(Cl)ccc1NC(=O)COCC(=O)N(Cc1ccc(F)cc1)Cc1ccc(F)cc1. The Hall–Kier alpha value is -3.82. The molecule has 0 aliphatic rings. The molecule has 10 heteroatoms. The molecule has 0 spiro atoms. The summed E-state index contributed by atoms with van der Waals surface area (Å²) >= 11 is 5.91. The first-order valence-electron chi connectivity index (χ1n) is 10.8. The zero-order valence-electron chi connectivity index (χ0n) is 19.3. The van der Waals surface area contributed by atoms with Crippen LogP contribution in [0.1, 0.15) is 21.5 Å². The van der Waals surface area contributed by atoms with Gasteiger partial charge in [-0.3, -0.25) is 9.59 Å². The summed E-state index contributed by atoms with van der Waals surface area (Å²) < 4.78 is 36.5. The van der Waals surface area contributed by atoms with Crippen molar-refractivity contribution in [1.82, 2.24) is 4.90 Å². The van der Waals surface area contributed by atoms with Gasteiger partial charge in [-0.05, 0) is 53.6 Å². The molecule has 7 nitrogen and oxygen atoms in total. The van der Waals surface area contributed by atoms with Crippen LogP contribution in [0.3, 0.4) is 0 Å². The molecule has 3 rings (SSSR count). The maximum absolute atomic E-state index is 13.3. The molecule has 0 aliphatic carbocycles. The van der Waals surface area contributed by atoms with E-state index < -0.39 is 42.6 Å². The highest BCUT2D eigenvalue weighted by atomic mass is 35.5. The number of carbonyl (C=O) groups excluding carboxylic acids is 3. The molecule has 3 aromatic carbocycles. The average molecular weight is 517 g/mol. The van der Waals surface area contributed by atoms with E-state index in [4.69, 9.17) is 21.1 Å². The zero-order valence-corrected chi connectivity index (χ0v) is 20.1. The molecule has 0 saturated carbocycles. The van der Waals surface area contributed by atoms with E-state index in [2.05, 4.69) is 5.32 Å². The van der Waals surface area contributed by atoms with E-state index in [1.807, 2.05) is 0 Å². The van der Waals surface area contributed by atoms with Crippen LogP contribution in [0.15, 0.2) is 66.7 Å². The van der Waals surface area contributed by atoms with Crippen LogP contribution in [0.25, 0.3) is 0 Å². The van der Waals surface area contributed by atoms with Crippen molar-refractivity contribution in [2.24, 2.45) is 0 Å². The minimum absolute atomic E-state index is 0.0687. The summed E-state index contributed by atoms with van der Waals surface area (Å²) in [5.41, 5.74) is 1.62. The molecule has 0 fully saturated rings. The average Bonchev–Trinajstić information content (AvgIpc) is 2.86. The standard InChI is InChI=1S/C26H23ClF2N2O5/c1-35-26(34)22-12-19(27)6-11-23(22)30-24(32)15-36-16-25(33)31(13-17-2-7-20(28)8-3-17)14-18-4-9-21(29)10-5-18/h2-12H,13-16H2,1H3,(H,30,32). The monoisotopic (exact) mass is 516 g/mol. The lowest BCUT2D eigenvalue weighted by Crippen LogP contribution is -2.34. The Kier molecular flexibility index (Phi) is 9.49. The third kappa shape index (κ3) is 7.86. The molecule has 0 aromatic heterocycles. The Labute approximate surface area is 211 Å². The molecule has 0 unspecified atom stereocenters. The van der Waals surface area contributed by atoms with Crippen molar-refractivity contribution in [3.8, 4) is 0 Å². The topological polar surface area (TPSA) is 84.9 Å². The van der Waals surface area contributed by atoms with E-state index >= 15 is 0 Å². The normalized spacial score (nSPS) is 10.6. The van der Waals surface area contributed by atoms with Crippen molar-refractivity contribution in [1.29, 1.82) is 0 Å². The highest BCUT2D eigenvalue weighted by molar-refractivity contribution is 6.31. The van der Waals surface area contributed by atoms with Gasteiger partial charge < -0.3 is 19.7 Å². The number of hydrogen-bond acceptors (Lipinski definition) is 5. The van der Waals surface area contributed by atoms with Crippen LogP contribution in [0, 0.1) is 11.6 Å². The van der Waals surface area contributed by atoms with Crippen molar-refractivity contribution in [2.45, 2.75) is 13.1 Å². The number of nitrogens with zero attached hydrogens (tertiary/aromatic N) is 1. The summed E-state index contributed by atoms with van der Waals surface area (Å²) in [5, 5.41) is 2.82. The summed E-state index contributed by atoms with van der Waals surface area (Å²) in [7, 11) is 1.20. The Bertz CT molecular complexity index is 1170. The number of rotatable bonds is 10. The highest BCUT2D eigenvalue weighted by Gasteiger charge is 2.18. The molecule has 0 heterocycles. The summed E-state index contributed by atoms with van der Waals surface area (Å²) in [4.78, 5) is 38.6. The number of benzene rings is 3. The first kappa shape index (κ1) is 26.8. The molecule has 1 N–H and O–H groups in total. The van der Waals surface area contributed by atoms with Crippen LogP contribution >= 0.6 is 11.6 Å². The van der Waals surface area contributed by atoms with Crippen LogP contribution in [-0.4, -0.2) is 43.0 Å². The lowest BCUT2D eigenvalue weighted by Gasteiger charge is -2.23. The number of hydrogen-bond donors (Lipinski definition) is 1. The van der Waals surface area contributed by atoms with Crippen molar-refractivity contribution < 1.29 is 32.6 Å². The lowest BCUT2D eigenvalue weighted by molar-refractivity contribution is -0.138. The third-order valence-electron chi connectivity index (χ3n) is 5.05. The van der Waals surface area contributed by atoms with Gasteiger partial charge in [0.05, 0.1) is 18.4 Å². The van der Waals surface area contributed by atoms with Gasteiger partial charge in [-0.15, -0.1) is 0 Å². The highest BCUT2D eigenvalue weighted by Crippen LogP contribution is 2.21. The molecule has 0 radical (unpaired) electrons. The van der Waals surface area contributed by atoms with Gasteiger partial charge in [0.25, 0.3) is 0 Å². The molecular weight excluding hydrogens is 494 g/mol. The summed E-state index contributed by atoms with van der Waals surface area (Å²) in [6.07, 6.45) is 0. The molecule has 3 aromatic rings. The molecule has 0 saturated heterocycles. The van der Waals surface area contributed by atoms with E-state index in [0.29, 0.717) is 11.1 Å². The minimum atomic E-state index is -0.680. The van der Waals surface area contributed by atoms with Crippen LogP contribution in [-0.2, 0) is 32.2 Å². The van der Waals surface area contributed by atoms with Gasteiger partial charge in [0.2, 0.25) is 11.8 Å². The first-order chi connectivity index (χ1) is 17.2. The maximum Gasteiger partial charge on any atom is 0.340 e. The summed E-state index contributed by atoms with van der Waals surface area (Å²) in [6, 6.07) is 15.7. The molecule has 188 valence electrons. The summed E-state index contributed by atoms with van der Waals surface area (Å²) in [6.45, 7) is -0.575. The van der Waals surface area contributed by atoms with E-state index in [0.717, 1.165) is 0 Å². The molecule has 2 amide bonds. The number of nitrogens with one attached hydrogen (secondary N) is 1. The Balaban J connectivity index is 1.61. The van der Waals surface area contributed by atoms with Gasteiger partial charge in [0.15, 0.2) is 0 Å². The number of carbonyl (C=O) groups is 3. The first-order valence-corrected chi connectivity index (χ1v) is 11.1. The second kappa shape index (κ2) is 12.8. The van der Waals surface area contributed by atoms with E-state index in [-0.39, 0.29) is 29.4 Å². The van der Waals surface area contributed by atoms with Crippen molar-refractivity contribution in [3.63, 3.8) is 0 Å². The summed E-state index contributed by atoms with van der Waals surface area (Å²) in [5.74, 6) is -2.51. The van der Waals surface area contributed by atoms with Gasteiger partial charge in [-0.25, -0.2) is 13.6 Å². The van der Waals surface area contributed by atoms with Crippen LogP contribution in [0.4, 0.5) is 14.5 Å². The minimum Gasteiger partial charge on any atom is -0.465 e. The quantitative estimate of drug-likeness (QED) is 0.398. The van der Waals surface area contributed by atoms with Crippen molar-refractivity contribution in [2.75, 3.05) is 25.6 Å². The number of halogens is 3. The van der Waals surface area contributed by atoms with E-state index in [9.17, 15) is 23.2 Å². The Morgan fingerprint density at radius 3 is 1.94 bits per heavy atom. The smallest absolute Gasteiger partial charge is 0.340 e. The van der Waals surface area contributed by atoms with E-state index in [1.54, 1.807) is 24.3 Å². The zero-order chi connectivity index (χ0) is 26.1. The number of methoxy groups -OCH3 is 1. The lowest BCUT2D eigenvalue weighted by atomic mass is 10.1. The molecule has 36 heavy (non-hydrogen) atoms. The largest absolute Gasteiger partial charge is 0.465 e. The van der Waals surface area contributed by atoms with Gasteiger partial charge in [0, 0.05) is 18.1 Å². The maximum atomic E-state index is 13.3. The fourth-order valence-electron chi connectivity index (χ4n) is 3.27. The molecule has 0 bridgehead atoms. The predicted octanol–water partition coefficient (Wildman–Crippen LogP) is 4.59. The molecular formula is C26H23ClF2N2O5. The third-order valence-corrected chi connectivity index (χ3v) is 5.28. The van der Waals surface area contributed by atoms with Gasteiger partial charge in [-0.1, -0.05) is 35.9 Å². The fraction of sp³-hybridized carbons (Fsp3) is 0.192. The van der Waals surface area contributed by atoms with E-state index in [1.165, 1.54) is 54.5 Å². The number of anilines is 1. The van der Waals surface area contributed by atoms with Gasteiger partial charge in [-0.2, -0.15) is 0 Å². The van der Waals surface area contributed by atoms with Gasteiger partial charge >= 0.3 is 5.97 Å². The van der Waals surface area contributed by atoms with Crippen LogP contribution < -0.4 is 5.32 Å². The molecule has 0 atom stereocenters. The Morgan fingerprint density at radius 1 is 0.861 bits per heavy atom. The van der Waals surface area contributed by atoms with Gasteiger partial charge in [0.1, 0.15) is 24.8 Å². The number of amides is 2. The number of esters is 1. The molecule has 0 aliphatic heterocycles. The second-order valence-corrected chi connectivity index (χ2v) is 8.16. The van der Waals surface area contributed by atoms with Crippen LogP contribution in [0.5, 0.6) is 0 Å². The Morgan fingerprint density at radius 2 is 1.42 bits per heavy atom. The predicted molar refractivity (Wildman–Crippen MR) is 129 cm³/mol. The fourth-order valence-corrected chi connectivity index (χ4v) is 3.44. The van der Waals surface area contributed by atoms with Crippen LogP contribution in [0.2, 0.25) is 5.02 Å². The number of ether oxygens (including phenoxy) is 2. The van der Waals surface area contributed by atoms with Crippen molar-refractivity contribution >= 4 is 35.1 Å². The second-order valence-electron chi connectivity index (χ2n) is 7.73. The van der Waals surface area contributed by atoms with Crippen molar-refractivity contribution in [3.05, 3.63) is 100 Å².